The molecule has 0 unspecified atom stereocenters. The van der Waals surface area contributed by atoms with E-state index in [1.807, 2.05) is 6.26 Å². The van der Waals surface area contributed by atoms with Crippen molar-refractivity contribution in [1.82, 2.24) is 10.6 Å². The molecule has 1 aliphatic rings. The fraction of sp³-hybridized carbons (Fsp3) is 0.500. The first-order valence-corrected chi connectivity index (χ1v) is 9.89. The van der Waals surface area contributed by atoms with E-state index < -0.39 is 6.04 Å². The predicted molar refractivity (Wildman–Crippen MR) is 103 cm³/mol. The number of rotatable bonds is 9. The molecule has 142 valence electrons. The number of amides is 3. The van der Waals surface area contributed by atoms with Crippen molar-refractivity contribution in [3.8, 4) is 5.75 Å². The number of carbonyl (C=O) groups excluding carboxylic acids is 3. The molecular weight excluding hydrogens is 354 g/mol. The smallest absolute Gasteiger partial charge is 0.253 e. The van der Waals surface area contributed by atoms with Gasteiger partial charge in [0.25, 0.3) is 5.91 Å². The van der Waals surface area contributed by atoms with Crippen LogP contribution >= 0.6 is 11.8 Å². The molecule has 0 aromatic heterocycles. The Hall–Kier alpha value is -2.22. The molecule has 0 spiro atoms. The van der Waals surface area contributed by atoms with E-state index in [1.165, 1.54) is 14.0 Å². The molecule has 3 N–H and O–H groups in total. The van der Waals surface area contributed by atoms with Crippen LogP contribution in [0.5, 0.6) is 5.75 Å². The summed E-state index contributed by atoms with van der Waals surface area (Å²) in [5.74, 6) is 0.398. The molecule has 8 heteroatoms. The number of ether oxygens (including phenoxy) is 1. The minimum absolute atomic E-state index is 0.200. The zero-order valence-corrected chi connectivity index (χ0v) is 16.1. The molecule has 0 radical (unpaired) electrons. The first-order chi connectivity index (χ1) is 12.4. The van der Waals surface area contributed by atoms with Crippen LogP contribution in [0.4, 0.5) is 5.69 Å². The second-order valence-corrected chi connectivity index (χ2v) is 7.17. The molecule has 1 aliphatic carbocycles. The molecule has 1 fully saturated rings. The topological polar surface area (TPSA) is 96.5 Å². The molecule has 0 aliphatic heterocycles. The molecule has 1 saturated carbocycles. The molecule has 26 heavy (non-hydrogen) atoms. The minimum atomic E-state index is -0.651. The van der Waals surface area contributed by atoms with Gasteiger partial charge in [-0.25, -0.2) is 0 Å². The van der Waals surface area contributed by atoms with Gasteiger partial charge in [0.2, 0.25) is 11.8 Å². The molecule has 3 amide bonds. The van der Waals surface area contributed by atoms with Gasteiger partial charge < -0.3 is 20.7 Å². The molecule has 0 saturated heterocycles. The Morgan fingerprint density at radius 3 is 2.62 bits per heavy atom. The van der Waals surface area contributed by atoms with Crippen molar-refractivity contribution in [2.24, 2.45) is 0 Å². The van der Waals surface area contributed by atoms with Gasteiger partial charge in [-0.15, -0.1) is 0 Å². The van der Waals surface area contributed by atoms with E-state index in [0.29, 0.717) is 23.4 Å². The monoisotopic (exact) mass is 379 g/mol. The van der Waals surface area contributed by atoms with Crippen molar-refractivity contribution >= 4 is 35.2 Å². The number of hydrogen-bond donors (Lipinski definition) is 3. The summed E-state index contributed by atoms with van der Waals surface area (Å²) in [5, 5.41) is 8.34. The lowest BCUT2D eigenvalue weighted by atomic mass is 10.1. The number of benzene rings is 1. The predicted octanol–water partition coefficient (Wildman–Crippen LogP) is 1.78. The summed E-state index contributed by atoms with van der Waals surface area (Å²) >= 11 is 1.60. The lowest BCUT2D eigenvalue weighted by molar-refractivity contribution is -0.125. The number of anilines is 1. The molecule has 1 aromatic rings. The third-order valence-corrected chi connectivity index (χ3v) is 4.59. The van der Waals surface area contributed by atoms with Crippen LogP contribution in [0.1, 0.15) is 36.5 Å². The van der Waals surface area contributed by atoms with Gasteiger partial charge in [-0.1, -0.05) is 0 Å². The average Bonchev–Trinajstić information content (AvgIpc) is 3.42. The summed E-state index contributed by atoms with van der Waals surface area (Å²) in [6, 6.07) is 4.46. The normalized spacial score (nSPS) is 14.3. The summed E-state index contributed by atoms with van der Waals surface area (Å²) in [5.41, 5.74) is 0.740. The van der Waals surface area contributed by atoms with E-state index in [1.54, 1.807) is 30.0 Å². The third kappa shape index (κ3) is 5.94. The quantitative estimate of drug-likeness (QED) is 0.608. The van der Waals surface area contributed by atoms with E-state index in [9.17, 15) is 14.4 Å². The van der Waals surface area contributed by atoms with Crippen LogP contribution < -0.4 is 20.7 Å². The second kappa shape index (κ2) is 9.47. The maximum atomic E-state index is 12.6. The lowest BCUT2D eigenvalue weighted by Crippen LogP contribution is -2.43. The fourth-order valence-corrected chi connectivity index (χ4v) is 2.88. The molecule has 1 aromatic carbocycles. The number of thioether (sulfide) groups is 1. The molecule has 0 heterocycles. The van der Waals surface area contributed by atoms with Gasteiger partial charge in [-0.2, -0.15) is 11.8 Å². The Bertz CT molecular complexity index is 676. The van der Waals surface area contributed by atoms with E-state index in [-0.39, 0.29) is 23.8 Å². The highest BCUT2D eigenvalue weighted by atomic mass is 32.2. The Kier molecular flexibility index (Phi) is 7.32. The summed E-state index contributed by atoms with van der Waals surface area (Å²) in [4.78, 5) is 36.5. The number of methoxy groups -OCH3 is 1. The Labute approximate surface area is 157 Å². The number of nitrogens with one attached hydrogen (secondary N) is 3. The van der Waals surface area contributed by atoms with Gasteiger partial charge in [0.1, 0.15) is 11.8 Å². The summed E-state index contributed by atoms with van der Waals surface area (Å²) in [7, 11) is 1.52. The van der Waals surface area contributed by atoms with Crippen LogP contribution in [0.3, 0.4) is 0 Å². The summed E-state index contributed by atoms with van der Waals surface area (Å²) in [6.45, 7) is 1.38. The van der Waals surface area contributed by atoms with Crippen LogP contribution in [-0.2, 0) is 9.59 Å². The van der Waals surface area contributed by atoms with Crippen LogP contribution in [0.2, 0.25) is 0 Å². The number of carbonyl (C=O) groups is 3. The maximum absolute atomic E-state index is 12.6. The maximum Gasteiger partial charge on any atom is 0.253 e. The van der Waals surface area contributed by atoms with Gasteiger partial charge in [-0.05, 0) is 49.5 Å². The van der Waals surface area contributed by atoms with E-state index >= 15 is 0 Å². The van der Waals surface area contributed by atoms with Crippen molar-refractivity contribution < 1.29 is 19.1 Å². The van der Waals surface area contributed by atoms with E-state index in [0.717, 1.165) is 18.6 Å². The van der Waals surface area contributed by atoms with E-state index in [4.69, 9.17) is 4.74 Å². The zero-order valence-electron chi connectivity index (χ0n) is 15.3. The minimum Gasteiger partial charge on any atom is -0.497 e. The van der Waals surface area contributed by atoms with Gasteiger partial charge >= 0.3 is 0 Å². The molecule has 7 nitrogen and oxygen atoms in total. The van der Waals surface area contributed by atoms with Gasteiger partial charge in [-0.3, -0.25) is 14.4 Å². The Morgan fingerprint density at radius 2 is 2.04 bits per heavy atom. The molecule has 1 atom stereocenters. The average molecular weight is 379 g/mol. The van der Waals surface area contributed by atoms with Crippen molar-refractivity contribution in [2.75, 3.05) is 24.4 Å². The first kappa shape index (κ1) is 20.1. The second-order valence-electron chi connectivity index (χ2n) is 6.18. The highest BCUT2D eigenvalue weighted by Gasteiger charge is 2.26. The summed E-state index contributed by atoms with van der Waals surface area (Å²) < 4.78 is 5.19. The Balaban J connectivity index is 2.17. The largest absolute Gasteiger partial charge is 0.497 e. The van der Waals surface area contributed by atoms with Crippen molar-refractivity contribution in [3.63, 3.8) is 0 Å². The SMILES string of the molecule is COc1ccc(NC(=O)[C@H](CCSC)NC(C)=O)c(C(=O)NC2CC2)c1. The van der Waals surface area contributed by atoms with Crippen molar-refractivity contribution in [3.05, 3.63) is 23.8 Å². The lowest BCUT2D eigenvalue weighted by Gasteiger charge is -2.19. The van der Waals surface area contributed by atoms with Crippen LogP contribution in [0.25, 0.3) is 0 Å². The van der Waals surface area contributed by atoms with Crippen LogP contribution in [0, 0.1) is 0 Å². The van der Waals surface area contributed by atoms with Gasteiger partial charge in [0, 0.05) is 13.0 Å². The van der Waals surface area contributed by atoms with Crippen LogP contribution in [0.15, 0.2) is 18.2 Å². The Morgan fingerprint density at radius 1 is 1.31 bits per heavy atom. The van der Waals surface area contributed by atoms with Crippen LogP contribution in [-0.4, -0.2) is 48.9 Å². The molecule has 2 rings (SSSR count). The third-order valence-electron chi connectivity index (χ3n) is 3.95. The zero-order chi connectivity index (χ0) is 19.1. The van der Waals surface area contributed by atoms with E-state index in [2.05, 4.69) is 16.0 Å². The standard InChI is InChI=1S/C18H25N3O4S/c1-11(22)19-16(8-9-26-3)18(24)21-15-7-6-13(25-2)10-14(15)17(23)20-12-4-5-12/h6-7,10,12,16H,4-5,8-9H2,1-3H3,(H,19,22)(H,20,23)(H,21,24)/t16-/m0/s1. The molecule has 0 bridgehead atoms. The molecular formula is C18H25N3O4S. The van der Waals surface area contributed by atoms with Gasteiger partial charge in [0.15, 0.2) is 0 Å². The highest BCUT2D eigenvalue weighted by Crippen LogP contribution is 2.25. The summed E-state index contributed by atoms with van der Waals surface area (Å²) in [6.07, 6.45) is 4.38. The van der Waals surface area contributed by atoms with Gasteiger partial charge in [0.05, 0.1) is 18.4 Å². The number of hydrogen-bond acceptors (Lipinski definition) is 5. The first-order valence-electron chi connectivity index (χ1n) is 8.50. The highest BCUT2D eigenvalue weighted by molar-refractivity contribution is 7.98. The van der Waals surface area contributed by atoms with Crippen molar-refractivity contribution in [2.45, 2.75) is 38.3 Å². The fourth-order valence-electron chi connectivity index (χ4n) is 2.41. The van der Waals surface area contributed by atoms with Crippen molar-refractivity contribution in [1.29, 1.82) is 0 Å².